The molecular weight excluding hydrogens is 544 g/mol. The molecule has 40 heavy (non-hydrogen) atoms. The van der Waals surface area contributed by atoms with Crippen LogP contribution in [-0.2, 0) is 24.1 Å². The number of rotatable bonds is 10. The van der Waals surface area contributed by atoms with Crippen molar-refractivity contribution in [2.24, 2.45) is 5.10 Å². The van der Waals surface area contributed by atoms with Crippen molar-refractivity contribution in [2.75, 3.05) is 12.4 Å². The van der Waals surface area contributed by atoms with Crippen LogP contribution in [0.2, 0.25) is 0 Å². The van der Waals surface area contributed by atoms with Crippen molar-refractivity contribution in [1.82, 2.24) is 15.0 Å². The molecule has 0 unspecified atom stereocenters. The lowest BCUT2D eigenvalue weighted by Gasteiger charge is -2.14. The van der Waals surface area contributed by atoms with Gasteiger partial charge in [0.1, 0.15) is 16.3 Å². The number of fused-ring (bicyclic) bond motifs is 3. The van der Waals surface area contributed by atoms with Gasteiger partial charge in [0.25, 0.3) is 11.5 Å². The zero-order chi connectivity index (χ0) is 28.1. The van der Waals surface area contributed by atoms with Crippen LogP contribution in [-0.4, -0.2) is 39.1 Å². The molecule has 0 saturated heterocycles. The van der Waals surface area contributed by atoms with Crippen LogP contribution in [0.4, 0.5) is 0 Å². The maximum atomic E-state index is 13.9. The molecule has 0 fully saturated rings. The largest absolute Gasteiger partial charge is 0.507 e. The molecule has 2 aromatic heterocycles. The van der Waals surface area contributed by atoms with Crippen LogP contribution < -0.4 is 15.7 Å². The second-order valence-corrected chi connectivity index (χ2v) is 11.3. The summed E-state index contributed by atoms with van der Waals surface area (Å²) in [6.07, 6.45) is 7.67. The lowest BCUT2D eigenvalue weighted by molar-refractivity contribution is -0.118. The van der Waals surface area contributed by atoms with Crippen LogP contribution in [0.25, 0.3) is 15.9 Å². The number of carbonyl (C=O) groups excluding carboxylic acids is 1. The number of hydrogen-bond donors (Lipinski definition) is 2. The first-order valence-corrected chi connectivity index (χ1v) is 15.0. The lowest BCUT2D eigenvalue weighted by Crippen LogP contribution is -2.24. The Morgan fingerprint density at radius 2 is 2.05 bits per heavy atom. The van der Waals surface area contributed by atoms with E-state index in [1.54, 1.807) is 34.1 Å². The quantitative estimate of drug-likeness (QED) is 0.0864. The van der Waals surface area contributed by atoms with E-state index in [1.807, 2.05) is 37.3 Å². The molecular formula is C30H30N4O4S2. The van der Waals surface area contributed by atoms with Gasteiger partial charge in [0.05, 0.1) is 29.6 Å². The third-order valence-corrected chi connectivity index (χ3v) is 8.73. The van der Waals surface area contributed by atoms with Crippen LogP contribution >= 0.6 is 23.1 Å². The van der Waals surface area contributed by atoms with E-state index in [1.165, 1.54) is 22.9 Å². The number of thiophene rings is 1. The number of phenolic OH excluding ortho intramolecular Hbond substituents is 1. The van der Waals surface area contributed by atoms with E-state index in [-0.39, 0.29) is 23.0 Å². The first kappa shape index (κ1) is 27.7. The number of amides is 1. The molecule has 0 radical (unpaired) electrons. The van der Waals surface area contributed by atoms with E-state index in [0.29, 0.717) is 40.6 Å². The SMILES string of the molecule is C=CCc1cccc(C=NNC(=O)CSc2nc3sc4c(c3c(=O)n2-c2ccc(OCC)cc2)CCCC4)c1O. The average molecular weight is 575 g/mol. The van der Waals surface area contributed by atoms with Crippen LogP contribution in [0.3, 0.4) is 0 Å². The van der Waals surface area contributed by atoms with Crippen molar-refractivity contribution in [1.29, 1.82) is 0 Å². The summed E-state index contributed by atoms with van der Waals surface area (Å²) in [6, 6.07) is 12.6. The minimum Gasteiger partial charge on any atom is -0.507 e. The highest BCUT2D eigenvalue weighted by molar-refractivity contribution is 7.99. The van der Waals surface area contributed by atoms with Gasteiger partial charge in [0.15, 0.2) is 5.16 Å². The number of phenols is 1. The normalized spacial score (nSPS) is 12.9. The van der Waals surface area contributed by atoms with Crippen molar-refractivity contribution in [3.8, 4) is 17.2 Å². The van der Waals surface area contributed by atoms with Crippen molar-refractivity contribution < 1.29 is 14.6 Å². The Hall–Kier alpha value is -3.89. The number of para-hydroxylation sites is 1. The zero-order valence-corrected chi connectivity index (χ0v) is 23.8. The summed E-state index contributed by atoms with van der Waals surface area (Å²) >= 11 is 2.76. The molecule has 2 aromatic carbocycles. The van der Waals surface area contributed by atoms with E-state index in [0.717, 1.165) is 41.6 Å². The molecule has 1 amide bonds. The number of aromatic hydroxyl groups is 1. The molecule has 2 N–H and O–H groups in total. The number of aromatic nitrogens is 2. The summed E-state index contributed by atoms with van der Waals surface area (Å²) in [6.45, 7) is 6.16. The summed E-state index contributed by atoms with van der Waals surface area (Å²) < 4.78 is 7.16. The number of nitrogens with one attached hydrogen (secondary N) is 1. The van der Waals surface area contributed by atoms with Gasteiger partial charge in [-0.3, -0.25) is 14.2 Å². The van der Waals surface area contributed by atoms with Gasteiger partial charge in [-0.25, -0.2) is 10.4 Å². The molecule has 1 aliphatic rings. The first-order chi connectivity index (χ1) is 19.5. The third kappa shape index (κ3) is 5.83. The molecule has 0 bridgehead atoms. The Labute approximate surface area is 240 Å². The van der Waals surface area contributed by atoms with Crippen molar-refractivity contribution >= 4 is 45.4 Å². The van der Waals surface area contributed by atoms with E-state index in [9.17, 15) is 14.7 Å². The van der Waals surface area contributed by atoms with Crippen LogP contribution in [0.1, 0.15) is 41.3 Å². The summed E-state index contributed by atoms with van der Waals surface area (Å²) in [5, 5.41) is 15.5. The minimum absolute atomic E-state index is 0.000108. The van der Waals surface area contributed by atoms with Gasteiger partial charge >= 0.3 is 0 Å². The number of hydrogen-bond acceptors (Lipinski definition) is 8. The van der Waals surface area contributed by atoms with Crippen LogP contribution in [0.15, 0.2) is 70.2 Å². The smallest absolute Gasteiger partial charge is 0.267 e. The second kappa shape index (κ2) is 12.5. The number of ether oxygens (including phenoxy) is 1. The highest BCUT2D eigenvalue weighted by Gasteiger charge is 2.23. The third-order valence-electron chi connectivity index (χ3n) is 6.60. The van der Waals surface area contributed by atoms with Gasteiger partial charge in [-0.15, -0.1) is 17.9 Å². The number of aryl methyl sites for hydroxylation is 2. The number of thioether (sulfide) groups is 1. The minimum atomic E-state index is -0.360. The number of carbonyl (C=O) groups is 1. The summed E-state index contributed by atoms with van der Waals surface area (Å²) in [7, 11) is 0. The Kier molecular flexibility index (Phi) is 8.66. The monoisotopic (exact) mass is 574 g/mol. The Morgan fingerprint density at radius 3 is 2.83 bits per heavy atom. The second-order valence-electron chi connectivity index (χ2n) is 9.28. The van der Waals surface area contributed by atoms with Crippen LogP contribution in [0, 0.1) is 0 Å². The van der Waals surface area contributed by atoms with Crippen LogP contribution in [0.5, 0.6) is 11.5 Å². The molecule has 2 heterocycles. The summed E-state index contributed by atoms with van der Waals surface area (Å²) in [5.41, 5.74) is 5.38. The number of nitrogens with zero attached hydrogens (tertiary/aromatic N) is 3. The van der Waals surface area contributed by atoms with Gasteiger partial charge in [-0.1, -0.05) is 30.0 Å². The fourth-order valence-electron chi connectivity index (χ4n) is 4.74. The fourth-order valence-corrected chi connectivity index (χ4v) is 6.85. The molecule has 4 aromatic rings. The number of hydrazone groups is 1. The van der Waals surface area contributed by atoms with Gasteiger partial charge in [0.2, 0.25) is 0 Å². The highest BCUT2D eigenvalue weighted by Crippen LogP contribution is 2.35. The van der Waals surface area contributed by atoms with Gasteiger partial charge in [0, 0.05) is 10.4 Å². The summed E-state index contributed by atoms with van der Waals surface area (Å²) in [4.78, 5) is 33.4. The highest BCUT2D eigenvalue weighted by atomic mass is 32.2. The number of benzene rings is 2. The standard InChI is InChI=1S/C30H30N4O4S2/c1-3-8-19-9-7-10-20(27(19)36)17-31-33-25(35)18-39-30-32-28-26(23-11-5-6-12-24(23)40-28)29(37)34(30)21-13-15-22(16-14-21)38-4-2/h3,7,9-10,13-17,36H,1,4-6,8,11-12,18H2,2H3,(H,33,35). The van der Waals surface area contributed by atoms with E-state index in [2.05, 4.69) is 17.1 Å². The zero-order valence-electron chi connectivity index (χ0n) is 22.2. The molecule has 0 aliphatic heterocycles. The van der Waals surface area contributed by atoms with Crippen molar-refractivity contribution in [3.63, 3.8) is 0 Å². The molecule has 0 saturated carbocycles. The van der Waals surface area contributed by atoms with E-state index >= 15 is 0 Å². The predicted molar refractivity (Wildman–Crippen MR) is 161 cm³/mol. The maximum Gasteiger partial charge on any atom is 0.267 e. The Morgan fingerprint density at radius 1 is 1.25 bits per heavy atom. The van der Waals surface area contributed by atoms with E-state index < -0.39 is 0 Å². The van der Waals surface area contributed by atoms with Gasteiger partial charge < -0.3 is 9.84 Å². The molecule has 8 nitrogen and oxygen atoms in total. The average Bonchev–Trinajstić information content (AvgIpc) is 3.33. The topological polar surface area (TPSA) is 106 Å². The van der Waals surface area contributed by atoms with Crippen molar-refractivity contribution in [3.05, 3.63) is 87.0 Å². The van der Waals surface area contributed by atoms with E-state index in [4.69, 9.17) is 9.72 Å². The maximum absolute atomic E-state index is 13.9. The number of allylic oxidation sites excluding steroid dienone is 1. The molecule has 5 rings (SSSR count). The first-order valence-electron chi connectivity index (χ1n) is 13.2. The summed E-state index contributed by atoms with van der Waals surface area (Å²) in [5.74, 6) is 0.458. The molecule has 0 atom stereocenters. The van der Waals surface area contributed by atoms with Gasteiger partial charge in [-0.05, 0) is 80.5 Å². The molecule has 1 aliphatic carbocycles. The molecule has 0 spiro atoms. The fraction of sp³-hybridized carbons (Fsp3) is 0.267. The molecule has 206 valence electrons. The lowest BCUT2D eigenvalue weighted by atomic mass is 9.97. The van der Waals surface area contributed by atoms with Crippen molar-refractivity contribution in [2.45, 2.75) is 44.2 Å². The predicted octanol–water partition coefficient (Wildman–Crippen LogP) is 5.40. The molecule has 10 heteroatoms. The Balaban J connectivity index is 1.40. The van der Waals surface area contributed by atoms with Gasteiger partial charge in [-0.2, -0.15) is 5.10 Å². The Bertz CT molecular complexity index is 1640.